The van der Waals surface area contributed by atoms with Crippen LogP contribution in [0.25, 0.3) is 0 Å². The lowest BCUT2D eigenvalue weighted by atomic mass is 9.90. The molecule has 1 unspecified atom stereocenters. The van der Waals surface area contributed by atoms with Gasteiger partial charge in [0.1, 0.15) is 11.3 Å². The average Bonchev–Trinajstić information content (AvgIpc) is 2.90. The van der Waals surface area contributed by atoms with Gasteiger partial charge in [0.2, 0.25) is 10.0 Å². The molecule has 0 bridgehead atoms. The smallest absolute Gasteiger partial charge is 0.254 e. The van der Waals surface area contributed by atoms with Crippen molar-refractivity contribution in [2.45, 2.75) is 50.5 Å². The van der Waals surface area contributed by atoms with Crippen molar-refractivity contribution >= 4 is 21.9 Å². The summed E-state index contributed by atoms with van der Waals surface area (Å²) in [5.74, 6) is 1.21. The predicted octanol–water partition coefficient (Wildman–Crippen LogP) is 2.27. The molecule has 30 heavy (non-hydrogen) atoms. The van der Waals surface area contributed by atoms with Gasteiger partial charge in [0.15, 0.2) is 5.96 Å². The molecule has 8 nitrogen and oxygen atoms in total. The van der Waals surface area contributed by atoms with Crippen molar-refractivity contribution < 1.29 is 17.9 Å². The topological polar surface area (TPSA) is 103 Å². The number of nitrogens with one attached hydrogen (secondary N) is 2. The fraction of sp³-hybridized carbons (Fsp3) is 0.619. The van der Waals surface area contributed by atoms with Crippen LogP contribution in [-0.4, -0.2) is 61.8 Å². The molecule has 0 radical (unpaired) electrons. The first-order chi connectivity index (χ1) is 14.1. The van der Waals surface area contributed by atoms with E-state index in [1.807, 2.05) is 6.92 Å². The van der Waals surface area contributed by atoms with Crippen molar-refractivity contribution in [1.82, 2.24) is 14.5 Å². The van der Waals surface area contributed by atoms with Crippen molar-refractivity contribution in [2.24, 2.45) is 11.8 Å². The highest BCUT2D eigenvalue weighted by atomic mass is 32.2. The Hall–Kier alpha value is -2.13. The lowest BCUT2D eigenvalue weighted by Gasteiger charge is -2.33. The van der Waals surface area contributed by atoms with Gasteiger partial charge in [-0.25, -0.2) is 8.42 Å². The van der Waals surface area contributed by atoms with Gasteiger partial charge in [-0.05, 0) is 62.3 Å². The van der Waals surface area contributed by atoms with Gasteiger partial charge >= 0.3 is 0 Å². The summed E-state index contributed by atoms with van der Waals surface area (Å²) in [5.41, 5.74) is -0.732. The number of ether oxygens (including phenoxy) is 1. The van der Waals surface area contributed by atoms with E-state index in [4.69, 9.17) is 10.1 Å². The number of hydrogen-bond acceptors (Lipinski definition) is 5. The molecule has 1 aromatic carbocycles. The van der Waals surface area contributed by atoms with E-state index < -0.39 is 15.6 Å². The molecule has 2 heterocycles. The van der Waals surface area contributed by atoms with E-state index in [9.17, 15) is 13.2 Å². The van der Waals surface area contributed by atoms with Gasteiger partial charge < -0.3 is 10.1 Å². The molecule has 0 aromatic heterocycles. The van der Waals surface area contributed by atoms with Crippen molar-refractivity contribution in [2.75, 3.05) is 26.7 Å². The van der Waals surface area contributed by atoms with E-state index in [0.29, 0.717) is 50.6 Å². The van der Waals surface area contributed by atoms with Gasteiger partial charge in [0.25, 0.3) is 5.91 Å². The van der Waals surface area contributed by atoms with Crippen LogP contribution in [0.15, 0.2) is 29.2 Å². The molecule has 2 N–H and O–H groups in total. The number of methoxy groups -OCH3 is 1. The standard InChI is InChI=1S/C21H32N4O4S/c1-15(2)13-21(3)19(26)25(20(22)23-21)14-16-9-11-24(12-10-16)30(27,28)18-7-5-17(29-4)6-8-18/h5-8,15-16H,9-14H2,1-4H3,(H2,22,23). The zero-order valence-electron chi connectivity index (χ0n) is 18.1. The zero-order valence-corrected chi connectivity index (χ0v) is 19.0. The second-order valence-corrected chi connectivity index (χ2v) is 10.8. The first-order valence-electron chi connectivity index (χ1n) is 10.4. The third-order valence-electron chi connectivity index (χ3n) is 5.91. The number of rotatable bonds is 7. The highest BCUT2D eigenvalue weighted by molar-refractivity contribution is 7.89. The third kappa shape index (κ3) is 4.46. The van der Waals surface area contributed by atoms with Crippen molar-refractivity contribution in [1.29, 1.82) is 5.41 Å². The molecule has 1 atom stereocenters. The van der Waals surface area contributed by atoms with E-state index in [1.54, 1.807) is 31.4 Å². The molecule has 9 heteroatoms. The molecule has 2 aliphatic heterocycles. The van der Waals surface area contributed by atoms with Crippen LogP contribution in [0.5, 0.6) is 5.75 Å². The Labute approximate surface area is 179 Å². The Morgan fingerprint density at radius 2 is 1.83 bits per heavy atom. The first-order valence-corrected chi connectivity index (χ1v) is 11.8. The molecule has 3 rings (SSSR count). The number of piperidine rings is 1. The molecule has 1 amide bonds. The lowest BCUT2D eigenvalue weighted by molar-refractivity contribution is -0.131. The summed E-state index contributed by atoms with van der Waals surface area (Å²) in [6.07, 6.45) is 1.99. The average molecular weight is 437 g/mol. The molecule has 0 saturated carbocycles. The molecule has 2 saturated heterocycles. The largest absolute Gasteiger partial charge is 0.497 e. The predicted molar refractivity (Wildman–Crippen MR) is 115 cm³/mol. The summed E-state index contributed by atoms with van der Waals surface area (Å²) in [4.78, 5) is 14.7. The first kappa shape index (κ1) is 22.6. The fourth-order valence-electron chi connectivity index (χ4n) is 4.40. The quantitative estimate of drug-likeness (QED) is 0.683. The number of hydrogen-bond donors (Lipinski definition) is 2. The van der Waals surface area contributed by atoms with Crippen molar-refractivity contribution in [3.05, 3.63) is 24.3 Å². The van der Waals surface area contributed by atoms with Gasteiger partial charge in [-0.2, -0.15) is 4.31 Å². The van der Waals surface area contributed by atoms with Gasteiger partial charge in [0, 0.05) is 19.6 Å². The summed E-state index contributed by atoms with van der Waals surface area (Å²) in [7, 11) is -2.01. The molecular formula is C21H32N4O4S. The molecule has 0 spiro atoms. The number of amides is 1. The number of nitrogens with zero attached hydrogens (tertiary/aromatic N) is 2. The van der Waals surface area contributed by atoms with Crippen molar-refractivity contribution in [3.8, 4) is 5.75 Å². The normalized spacial score (nSPS) is 23.8. The van der Waals surface area contributed by atoms with Crippen LogP contribution in [0, 0.1) is 17.2 Å². The SMILES string of the molecule is COc1ccc(S(=O)(=O)N2CCC(CN3C(=N)NC(C)(CC(C)C)C3=O)CC2)cc1. The molecule has 1 aromatic rings. The van der Waals surface area contributed by atoms with Crippen LogP contribution >= 0.6 is 0 Å². The maximum absolute atomic E-state index is 12.9. The highest BCUT2D eigenvalue weighted by Crippen LogP contribution is 2.29. The summed E-state index contributed by atoms with van der Waals surface area (Å²) < 4.78 is 32.4. The fourth-order valence-corrected chi connectivity index (χ4v) is 5.87. The second kappa shape index (κ2) is 8.55. The van der Waals surface area contributed by atoms with E-state index in [-0.39, 0.29) is 22.7 Å². The number of benzene rings is 1. The molecule has 2 fully saturated rings. The Balaban J connectivity index is 1.60. The lowest BCUT2D eigenvalue weighted by Crippen LogP contribution is -2.46. The number of carbonyl (C=O) groups is 1. The molecule has 166 valence electrons. The summed E-state index contributed by atoms with van der Waals surface area (Å²) in [6.45, 7) is 7.25. The minimum atomic E-state index is -3.55. The van der Waals surface area contributed by atoms with Crippen LogP contribution in [0.3, 0.4) is 0 Å². The van der Waals surface area contributed by atoms with E-state index in [0.717, 1.165) is 0 Å². The maximum atomic E-state index is 12.9. The summed E-state index contributed by atoms with van der Waals surface area (Å²) >= 11 is 0. The monoisotopic (exact) mass is 436 g/mol. The van der Waals surface area contributed by atoms with Gasteiger partial charge in [-0.1, -0.05) is 13.8 Å². The summed E-state index contributed by atoms with van der Waals surface area (Å²) in [6, 6.07) is 6.41. The Kier molecular flexibility index (Phi) is 6.43. The zero-order chi connectivity index (χ0) is 22.1. The van der Waals surface area contributed by atoms with E-state index in [1.165, 1.54) is 9.21 Å². The maximum Gasteiger partial charge on any atom is 0.254 e. The van der Waals surface area contributed by atoms with Crippen LogP contribution in [0.1, 0.15) is 40.0 Å². The van der Waals surface area contributed by atoms with E-state index >= 15 is 0 Å². The third-order valence-corrected chi connectivity index (χ3v) is 7.82. The number of sulfonamides is 1. The highest BCUT2D eigenvalue weighted by Gasteiger charge is 2.46. The van der Waals surface area contributed by atoms with Crippen LogP contribution in [-0.2, 0) is 14.8 Å². The van der Waals surface area contributed by atoms with Crippen LogP contribution < -0.4 is 10.1 Å². The second-order valence-electron chi connectivity index (χ2n) is 8.84. The summed E-state index contributed by atoms with van der Waals surface area (Å²) in [5, 5.41) is 11.3. The molecule has 2 aliphatic rings. The molecule has 0 aliphatic carbocycles. The van der Waals surface area contributed by atoms with Crippen LogP contribution in [0.4, 0.5) is 0 Å². The van der Waals surface area contributed by atoms with E-state index in [2.05, 4.69) is 19.2 Å². The van der Waals surface area contributed by atoms with Crippen molar-refractivity contribution in [3.63, 3.8) is 0 Å². The van der Waals surface area contributed by atoms with Crippen LogP contribution in [0.2, 0.25) is 0 Å². The Morgan fingerprint density at radius 1 is 1.23 bits per heavy atom. The van der Waals surface area contributed by atoms with Gasteiger partial charge in [-0.15, -0.1) is 0 Å². The Bertz CT molecular complexity index is 892. The van der Waals surface area contributed by atoms with Gasteiger partial charge in [0.05, 0.1) is 12.0 Å². The number of guanidine groups is 1. The minimum absolute atomic E-state index is 0.0607. The molecular weight excluding hydrogens is 404 g/mol. The number of carbonyl (C=O) groups excluding carboxylic acids is 1. The minimum Gasteiger partial charge on any atom is -0.497 e. The van der Waals surface area contributed by atoms with Gasteiger partial charge in [-0.3, -0.25) is 15.1 Å². The Morgan fingerprint density at radius 3 is 2.37 bits per heavy atom.